The van der Waals surface area contributed by atoms with Crippen molar-refractivity contribution in [2.24, 2.45) is 5.92 Å². The van der Waals surface area contributed by atoms with Gasteiger partial charge in [-0.15, -0.1) is 11.6 Å². The van der Waals surface area contributed by atoms with E-state index in [1.807, 2.05) is 18.2 Å². The Morgan fingerprint density at radius 3 is 2.50 bits per heavy atom. The molecule has 0 heterocycles. The van der Waals surface area contributed by atoms with E-state index in [9.17, 15) is 4.39 Å². The van der Waals surface area contributed by atoms with Crippen LogP contribution >= 0.6 is 39.1 Å². The highest BCUT2D eigenvalue weighted by Crippen LogP contribution is 2.24. The Morgan fingerprint density at radius 2 is 1.85 bits per heavy atom. The second-order valence-electron chi connectivity index (χ2n) is 4.77. The second-order valence-corrected chi connectivity index (χ2v) is 6.34. The lowest BCUT2D eigenvalue weighted by atomic mass is 9.94. The van der Waals surface area contributed by atoms with Crippen LogP contribution in [0.5, 0.6) is 0 Å². The Balaban J connectivity index is 2.09. The van der Waals surface area contributed by atoms with Gasteiger partial charge in [0.25, 0.3) is 0 Å². The van der Waals surface area contributed by atoms with Gasteiger partial charge in [0.1, 0.15) is 5.82 Å². The fraction of sp³-hybridized carbons (Fsp3) is 0.250. The average Bonchev–Trinajstić information content (AvgIpc) is 2.44. The number of alkyl halides is 1. The van der Waals surface area contributed by atoms with Crippen molar-refractivity contribution in [1.29, 1.82) is 0 Å². The normalized spacial score (nSPS) is 12.4. The van der Waals surface area contributed by atoms with Gasteiger partial charge >= 0.3 is 0 Å². The fourth-order valence-electron chi connectivity index (χ4n) is 2.16. The summed E-state index contributed by atoms with van der Waals surface area (Å²) in [5.74, 6) is 0.455. The van der Waals surface area contributed by atoms with Gasteiger partial charge in [0.15, 0.2) is 0 Å². The molecule has 0 aliphatic carbocycles. The second kappa shape index (κ2) is 7.44. The fourth-order valence-corrected chi connectivity index (χ4v) is 3.02. The highest BCUT2D eigenvalue weighted by atomic mass is 79.9. The molecule has 1 unspecified atom stereocenters. The van der Waals surface area contributed by atoms with Gasteiger partial charge in [-0.05, 0) is 48.1 Å². The molecule has 0 amide bonds. The van der Waals surface area contributed by atoms with E-state index >= 15 is 0 Å². The van der Waals surface area contributed by atoms with E-state index in [0.29, 0.717) is 5.88 Å². The minimum absolute atomic E-state index is 0.164. The molecule has 0 fully saturated rings. The molecule has 106 valence electrons. The predicted octanol–water partition coefficient (Wildman–Crippen LogP) is 5.88. The summed E-state index contributed by atoms with van der Waals surface area (Å²) in [6, 6.07) is 13.0. The largest absolute Gasteiger partial charge is 0.205 e. The summed E-state index contributed by atoms with van der Waals surface area (Å²) in [7, 11) is 0. The van der Waals surface area contributed by atoms with E-state index in [2.05, 4.69) is 22.0 Å². The molecule has 4 heteroatoms. The van der Waals surface area contributed by atoms with Gasteiger partial charge in [0, 0.05) is 10.4 Å². The Bertz CT molecular complexity index is 586. The molecule has 0 spiro atoms. The zero-order chi connectivity index (χ0) is 14.5. The van der Waals surface area contributed by atoms with Crippen molar-refractivity contribution in [3.63, 3.8) is 0 Å². The third-order valence-electron chi connectivity index (χ3n) is 3.19. The highest BCUT2D eigenvalue weighted by Gasteiger charge is 2.12. The molecule has 20 heavy (non-hydrogen) atoms. The summed E-state index contributed by atoms with van der Waals surface area (Å²) in [6.07, 6.45) is 1.66. The van der Waals surface area contributed by atoms with Crippen LogP contribution in [-0.4, -0.2) is 5.88 Å². The zero-order valence-corrected chi connectivity index (χ0v) is 13.8. The Morgan fingerprint density at radius 1 is 1.10 bits per heavy atom. The molecule has 2 rings (SSSR count). The van der Waals surface area contributed by atoms with Crippen molar-refractivity contribution in [3.8, 4) is 0 Å². The maximum absolute atomic E-state index is 13.2. The summed E-state index contributed by atoms with van der Waals surface area (Å²) >= 11 is 15.4. The van der Waals surface area contributed by atoms with Gasteiger partial charge in [0.2, 0.25) is 0 Å². The molecule has 0 nitrogen and oxygen atoms in total. The molecule has 0 bridgehead atoms. The van der Waals surface area contributed by atoms with Gasteiger partial charge < -0.3 is 0 Å². The summed E-state index contributed by atoms with van der Waals surface area (Å²) in [6.45, 7) is 0. The maximum Gasteiger partial charge on any atom is 0.141 e. The first-order chi connectivity index (χ1) is 9.60. The van der Waals surface area contributed by atoms with Crippen LogP contribution in [0.4, 0.5) is 4.39 Å². The highest BCUT2D eigenvalue weighted by molar-refractivity contribution is 9.10. The van der Waals surface area contributed by atoms with Crippen molar-refractivity contribution < 1.29 is 4.39 Å². The summed E-state index contributed by atoms with van der Waals surface area (Å²) in [5, 5.41) is 0.164. The molecule has 0 N–H and O–H groups in total. The van der Waals surface area contributed by atoms with Crippen LogP contribution in [0, 0.1) is 11.7 Å². The molecular formula is C16H14BrCl2F. The lowest BCUT2D eigenvalue weighted by molar-refractivity contribution is 0.580. The van der Waals surface area contributed by atoms with E-state index < -0.39 is 0 Å². The van der Waals surface area contributed by atoms with Crippen molar-refractivity contribution in [1.82, 2.24) is 0 Å². The molecule has 0 radical (unpaired) electrons. The Kier molecular flexibility index (Phi) is 5.88. The van der Waals surface area contributed by atoms with Crippen LogP contribution in [0.25, 0.3) is 0 Å². The zero-order valence-electron chi connectivity index (χ0n) is 10.8. The smallest absolute Gasteiger partial charge is 0.141 e. The monoisotopic (exact) mass is 374 g/mol. The van der Waals surface area contributed by atoms with Gasteiger partial charge in [0.05, 0.1) is 5.02 Å². The SMILES string of the molecule is Fc1ccc(CC(CCl)Cc2ccccc2Br)cc1Cl. The van der Waals surface area contributed by atoms with Gasteiger partial charge in [-0.3, -0.25) is 0 Å². The topological polar surface area (TPSA) is 0 Å². The van der Waals surface area contributed by atoms with Crippen LogP contribution < -0.4 is 0 Å². The standard InChI is InChI=1S/C16H14BrCl2F/c17-14-4-2-1-3-13(14)8-12(10-18)7-11-5-6-16(20)15(19)9-11/h1-6,9,12H,7-8,10H2. The third-order valence-corrected chi connectivity index (χ3v) is 4.69. The molecule has 0 saturated heterocycles. The maximum atomic E-state index is 13.2. The summed E-state index contributed by atoms with van der Waals surface area (Å²) in [4.78, 5) is 0. The number of hydrogen-bond donors (Lipinski definition) is 0. The van der Waals surface area contributed by atoms with E-state index in [4.69, 9.17) is 23.2 Å². The van der Waals surface area contributed by atoms with Gasteiger partial charge in [-0.2, -0.15) is 0 Å². The van der Waals surface area contributed by atoms with E-state index in [0.717, 1.165) is 22.9 Å². The molecular weight excluding hydrogens is 362 g/mol. The van der Waals surface area contributed by atoms with E-state index in [1.54, 1.807) is 12.1 Å². The molecule has 1 atom stereocenters. The average molecular weight is 376 g/mol. The molecule has 0 aromatic heterocycles. The van der Waals surface area contributed by atoms with Crippen LogP contribution in [0.15, 0.2) is 46.9 Å². The van der Waals surface area contributed by atoms with Crippen molar-refractivity contribution >= 4 is 39.1 Å². The first-order valence-corrected chi connectivity index (χ1v) is 8.04. The van der Waals surface area contributed by atoms with Crippen LogP contribution in [0.2, 0.25) is 5.02 Å². The number of benzene rings is 2. The van der Waals surface area contributed by atoms with Gasteiger partial charge in [-0.25, -0.2) is 4.39 Å². The molecule has 2 aromatic rings. The molecule has 2 aromatic carbocycles. The summed E-state index contributed by atoms with van der Waals surface area (Å²) in [5.41, 5.74) is 2.24. The minimum atomic E-state index is -0.386. The van der Waals surface area contributed by atoms with Gasteiger partial charge in [-0.1, -0.05) is 51.8 Å². The third kappa shape index (κ3) is 4.21. The van der Waals surface area contributed by atoms with E-state index in [-0.39, 0.29) is 16.8 Å². The first-order valence-electron chi connectivity index (χ1n) is 6.33. The molecule has 0 aliphatic heterocycles. The molecule has 0 saturated carbocycles. The lowest BCUT2D eigenvalue weighted by Gasteiger charge is -2.15. The lowest BCUT2D eigenvalue weighted by Crippen LogP contribution is -2.10. The molecule has 0 aliphatic rings. The first kappa shape index (κ1) is 15.8. The van der Waals surface area contributed by atoms with Crippen molar-refractivity contribution in [3.05, 3.63) is 68.9 Å². The van der Waals surface area contributed by atoms with Crippen molar-refractivity contribution in [2.45, 2.75) is 12.8 Å². The minimum Gasteiger partial charge on any atom is -0.205 e. The van der Waals surface area contributed by atoms with Crippen LogP contribution in [-0.2, 0) is 12.8 Å². The van der Waals surface area contributed by atoms with Crippen molar-refractivity contribution in [2.75, 3.05) is 5.88 Å². The van der Waals surface area contributed by atoms with E-state index in [1.165, 1.54) is 11.6 Å². The quantitative estimate of drug-likeness (QED) is 0.572. The Labute approximate surface area is 137 Å². The summed E-state index contributed by atoms with van der Waals surface area (Å²) < 4.78 is 14.2. The van der Waals surface area contributed by atoms with Crippen LogP contribution in [0.1, 0.15) is 11.1 Å². The number of halogens is 4. The predicted molar refractivity (Wildman–Crippen MR) is 87.2 cm³/mol. The number of rotatable bonds is 5. The number of hydrogen-bond acceptors (Lipinski definition) is 0. The van der Waals surface area contributed by atoms with Crippen LogP contribution in [0.3, 0.4) is 0 Å². The Hall–Kier alpha value is -0.570.